The fourth-order valence-corrected chi connectivity index (χ4v) is 3.77. The quantitative estimate of drug-likeness (QED) is 0.720. The number of rotatable bonds is 4. The van der Waals surface area contributed by atoms with Crippen molar-refractivity contribution >= 4 is 5.78 Å². The zero-order valence-corrected chi connectivity index (χ0v) is 15.0. The van der Waals surface area contributed by atoms with Gasteiger partial charge in [0.05, 0.1) is 12.8 Å². The minimum Gasteiger partial charge on any atom is -0.494 e. The Morgan fingerprint density at radius 2 is 2.23 bits per heavy atom. The van der Waals surface area contributed by atoms with Gasteiger partial charge in [0.25, 0.3) is 5.78 Å². The summed E-state index contributed by atoms with van der Waals surface area (Å²) >= 11 is 0. The van der Waals surface area contributed by atoms with Crippen LogP contribution in [0.5, 0.6) is 5.75 Å². The molecule has 0 saturated carbocycles. The summed E-state index contributed by atoms with van der Waals surface area (Å²) in [4.78, 5) is 10.9. The molecule has 1 aliphatic rings. The van der Waals surface area contributed by atoms with E-state index in [4.69, 9.17) is 4.74 Å². The van der Waals surface area contributed by atoms with Gasteiger partial charge < -0.3 is 4.74 Å². The number of fused-ring (bicyclic) bond motifs is 1. The first-order valence-electron chi connectivity index (χ1n) is 8.86. The van der Waals surface area contributed by atoms with Gasteiger partial charge in [-0.05, 0) is 38.4 Å². The van der Waals surface area contributed by atoms with Crippen LogP contribution in [0.25, 0.3) is 5.78 Å². The second-order valence-electron chi connectivity index (χ2n) is 6.80. The lowest BCUT2D eigenvalue weighted by molar-refractivity contribution is 0.194. The molecule has 7 heteroatoms. The van der Waals surface area contributed by atoms with Crippen LogP contribution in [0.4, 0.5) is 4.39 Å². The number of hydrogen-bond donors (Lipinski definition) is 0. The standard InChI is InChI=1S/C19H22FN5O/c1-13-9-16(25-19(23-13)21-12-22-25)14-6-4-8-24(10-14)11-15-5-3-7-17(26-2)18(15)20/h3,5,7,9,12,14H,4,6,8,10-11H2,1-2H3. The monoisotopic (exact) mass is 355 g/mol. The van der Waals surface area contributed by atoms with E-state index in [0.29, 0.717) is 29.6 Å². The van der Waals surface area contributed by atoms with Gasteiger partial charge in [0.2, 0.25) is 0 Å². The van der Waals surface area contributed by atoms with Crippen molar-refractivity contribution in [3.8, 4) is 5.75 Å². The van der Waals surface area contributed by atoms with E-state index in [1.54, 1.807) is 6.07 Å². The Hall–Kier alpha value is -2.54. The van der Waals surface area contributed by atoms with E-state index >= 15 is 0 Å². The third kappa shape index (κ3) is 3.14. The van der Waals surface area contributed by atoms with Crippen molar-refractivity contribution in [3.05, 3.63) is 53.4 Å². The van der Waals surface area contributed by atoms with E-state index in [1.807, 2.05) is 23.6 Å². The first-order chi connectivity index (χ1) is 12.7. The third-order valence-corrected chi connectivity index (χ3v) is 4.99. The molecular weight excluding hydrogens is 333 g/mol. The average molecular weight is 355 g/mol. The molecule has 3 aromatic rings. The number of ether oxygens (including phenoxy) is 1. The molecule has 1 atom stereocenters. The van der Waals surface area contributed by atoms with Crippen LogP contribution in [0.15, 0.2) is 30.6 Å². The Morgan fingerprint density at radius 1 is 1.35 bits per heavy atom. The minimum absolute atomic E-state index is 0.268. The number of benzene rings is 1. The van der Waals surface area contributed by atoms with Gasteiger partial charge in [-0.3, -0.25) is 4.90 Å². The Kier molecular flexibility index (Phi) is 4.55. The van der Waals surface area contributed by atoms with Crippen LogP contribution in [0.3, 0.4) is 0 Å². The molecule has 0 spiro atoms. The van der Waals surface area contributed by atoms with E-state index in [-0.39, 0.29) is 5.82 Å². The van der Waals surface area contributed by atoms with Crippen molar-refractivity contribution in [1.82, 2.24) is 24.5 Å². The lowest BCUT2D eigenvalue weighted by atomic mass is 9.93. The number of methoxy groups -OCH3 is 1. The van der Waals surface area contributed by atoms with Gasteiger partial charge in [0, 0.05) is 30.3 Å². The Labute approximate surface area is 151 Å². The van der Waals surface area contributed by atoms with Crippen LogP contribution in [-0.2, 0) is 6.54 Å². The molecule has 0 amide bonds. The molecule has 26 heavy (non-hydrogen) atoms. The van der Waals surface area contributed by atoms with Crippen molar-refractivity contribution in [2.75, 3.05) is 20.2 Å². The highest BCUT2D eigenvalue weighted by atomic mass is 19.1. The number of piperidine rings is 1. The number of nitrogens with zero attached hydrogens (tertiary/aromatic N) is 5. The van der Waals surface area contributed by atoms with E-state index in [0.717, 1.165) is 37.3 Å². The van der Waals surface area contributed by atoms with E-state index < -0.39 is 0 Å². The molecule has 0 aliphatic carbocycles. The van der Waals surface area contributed by atoms with Crippen LogP contribution in [0.2, 0.25) is 0 Å². The zero-order chi connectivity index (χ0) is 18.1. The molecule has 0 bridgehead atoms. The second-order valence-corrected chi connectivity index (χ2v) is 6.80. The lowest BCUT2D eigenvalue weighted by Crippen LogP contribution is -2.35. The molecule has 136 valence electrons. The zero-order valence-electron chi connectivity index (χ0n) is 15.0. The van der Waals surface area contributed by atoms with Crippen LogP contribution < -0.4 is 4.74 Å². The number of likely N-dealkylation sites (tertiary alicyclic amines) is 1. The van der Waals surface area contributed by atoms with Crippen molar-refractivity contribution in [3.63, 3.8) is 0 Å². The second kappa shape index (κ2) is 6.99. The van der Waals surface area contributed by atoms with Crippen molar-refractivity contribution in [2.45, 2.75) is 32.2 Å². The summed E-state index contributed by atoms with van der Waals surface area (Å²) in [6, 6.07) is 7.40. The highest BCUT2D eigenvalue weighted by Crippen LogP contribution is 2.29. The number of hydrogen-bond acceptors (Lipinski definition) is 5. The van der Waals surface area contributed by atoms with Crippen LogP contribution in [0.1, 0.15) is 35.7 Å². The van der Waals surface area contributed by atoms with Gasteiger partial charge in [-0.25, -0.2) is 13.9 Å². The van der Waals surface area contributed by atoms with E-state index in [2.05, 4.69) is 26.0 Å². The van der Waals surface area contributed by atoms with Gasteiger partial charge in [0.1, 0.15) is 6.33 Å². The molecule has 0 N–H and O–H groups in total. The topological polar surface area (TPSA) is 55.5 Å². The summed E-state index contributed by atoms with van der Waals surface area (Å²) in [5, 5.41) is 4.33. The fourth-order valence-electron chi connectivity index (χ4n) is 3.77. The molecule has 4 rings (SSSR count). The largest absolute Gasteiger partial charge is 0.494 e. The van der Waals surface area contributed by atoms with E-state index in [9.17, 15) is 4.39 Å². The Morgan fingerprint density at radius 3 is 3.08 bits per heavy atom. The normalized spacial score (nSPS) is 18.3. The van der Waals surface area contributed by atoms with Crippen molar-refractivity contribution < 1.29 is 9.13 Å². The summed E-state index contributed by atoms with van der Waals surface area (Å²) in [6.07, 6.45) is 3.68. The van der Waals surface area contributed by atoms with Crippen LogP contribution in [-0.4, -0.2) is 44.7 Å². The SMILES string of the molecule is COc1cccc(CN2CCCC(c3cc(C)nc4ncnn34)C2)c1F. The van der Waals surface area contributed by atoms with Crippen LogP contribution in [0, 0.1) is 12.7 Å². The minimum atomic E-state index is -0.268. The fraction of sp³-hybridized carbons (Fsp3) is 0.421. The number of aromatic nitrogens is 4. The first kappa shape index (κ1) is 16.9. The average Bonchev–Trinajstić information content (AvgIpc) is 3.11. The van der Waals surface area contributed by atoms with Gasteiger partial charge in [0.15, 0.2) is 11.6 Å². The van der Waals surface area contributed by atoms with E-state index in [1.165, 1.54) is 13.4 Å². The molecule has 2 aromatic heterocycles. The molecule has 3 heterocycles. The van der Waals surface area contributed by atoms with Gasteiger partial charge >= 0.3 is 0 Å². The Bertz CT molecular complexity index is 925. The summed E-state index contributed by atoms with van der Waals surface area (Å²) in [5.41, 5.74) is 2.74. The molecule has 1 unspecified atom stereocenters. The summed E-state index contributed by atoms with van der Waals surface area (Å²) in [6.45, 7) is 4.36. The smallest absolute Gasteiger partial charge is 0.252 e. The predicted octanol–water partition coefficient (Wildman–Crippen LogP) is 2.96. The van der Waals surface area contributed by atoms with Gasteiger partial charge in [-0.1, -0.05) is 12.1 Å². The summed E-state index contributed by atoms with van der Waals surface area (Å²) in [7, 11) is 1.49. The molecule has 1 fully saturated rings. The molecule has 6 nitrogen and oxygen atoms in total. The summed E-state index contributed by atoms with van der Waals surface area (Å²) < 4.78 is 21.4. The van der Waals surface area contributed by atoms with Crippen LogP contribution >= 0.6 is 0 Å². The maximum atomic E-state index is 14.5. The highest BCUT2D eigenvalue weighted by Gasteiger charge is 2.25. The maximum Gasteiger partial charge on any atom is 0.252 e. The highest BCUT2D eigenvalue weighted by molar-refractivity contribution is 5.32. The van der Waals surface area contributed by atoms with Crippen molar-refractivity contribution in [1.29, 1.82) is 0 Å². The predicted molar refractivity (Wildman–Crippen MR) is 95.7 cm³/mol. The summed E-state index contributed by atoms with van der Waals surface area (Å²) in [5.74, 6) is 0.986. The first-order valence-corrected chi connectivity index (χ1v) is 8.86. The third-order valence-electron chi connectivity index (χ3n) is 4.99. The Balaban J connectivity index is 1.57. The van der Waals surface area contributed by atoms with Crippen molar-refractivity contribution in [2.24, 2.45) is 0 Å². The van der Waals surface area contributed by atoms with Gasteiger partial charge in [-0.15, -0.1) is 0 Å². The maximum absolute atomic E-state index is 14.5. The number of aryl methyl sites for hydroxylation is 1. The molecular formula is C19H22FN5O. The molecule has 1 aromatic carbocycles. The van der Waals surface area contributed by atoms with Gasteiger partial charge in [-0.2, -0.15) is 10.1 Å². The number of halogens is 1. The molecule has 0 radical (unpaired) electrons. The lowest BCUT2D eigenvalue weighted by Gasteiger charge is -2.33. The molecule has 1 aliphatic heterocycles. The molecule has 1 saturated heterocycles.